The molecule has 0 aromatic carbocycles. The first kappa shape index (κ1) is 11.0. The normalized spacial score (nSPS) is 12.6. The van der Waals surface area contributed by atoms with Crippen LogP contribution < -0.4 is 0 Å². The molecule has 0 heterocycles. The van der Waals surface area contributed by atoms with E-state index in [0.29, 0.717) is 11.4 Å². The molecule has 1 unspecified atom stereocenters. The van der Waals surface area contributed by atoms with Crippen LogP contribution in [0.3, 0.4) is 0 Å². The highest BCUT2D eigenvalue weighted by Crippen LogP contribution is 2.09. The summed E-state index contributed by atoms with van der Waals surface area (Å²) in [5.41, 5.74) is 0. The number of unbranched alkanes of at least 4 members (excludes halogenated alkanes) is 1. The third-order valence-corrected chi connectivity index (χ3v) is 2.06. The Hall–Kier alpha value is -0.0500. The van der Waals surface area contributed by atoms with Gasteiger partial charge in [0.05, 0.1) is 0 Å². The van der Waals surface area contributed by atoms with Crippen LogP contribution in [0.1, 0.15) is 33.1 Å². The van der Waals surface area contributed by atoms with Crippen molar-refractivity contribution in [2.24, 2.45) is 0 Å². The maximum absolute atomic E-state index is 10.4. The lowest BCUT2D eigenvalue weighted by Crippen LogP contribution is -2.11. The van der Waals surface area contributed by atoms with E-state index in [1.54, 1.807) is 0 Å². The van der Waals surface area contributed by atoms with Crippen molar-refractivity contribution >= 4 is 21.9 Å². The monoisotopic (exact) mass is 222 g/mol. The molecule has 0 rings (SSSR count). The molecule has 0 fully saturated rings. The molecule has 0 aromatic rings. The van der Waals surface area contributed by atoms with Crippen LogP contribution in [0, 0.1) is 0 Å². The Bertz CT molecular complexity index is 115. The minimum Gasteiger partial charge on any atom is -0.465 e. The lowest BCUT2D eigenvalue weighted by molar-refractivity contribution is -0.140. The van der Waals surface area contributed by atoms with Gasteiger partial charge in [0.15, 0.2) is 0 Å². The number of alkyl halides is 1. The zero-order chi connectivity index (χ0) is 8.69. The molecule has 0 saturated carbocycles. The molecule has 0 aliphatic rings. The first-order chi connectivity index (χ1) is 5.16. The number of carbonyl (C=O) groups excluding carboxylic acids is 1. The van der Waals surface area contributed by atoms with E-state index in [1.165, 1.54) is 19.8 Å². The van der Waals surface area contributed by atoms with E-state index >= 15 is 0 Å². The molecule has 11 heavy (non-hydrogen) atoms. The van der Waals surface area contributed by atoms with Crippen LogP contribution in [0.2, 0.25) is 0 Å². The molecule has 0 aliphatic heterocycles. The zero-order valence-electron chi connectivity index (χ0n) is 7.10. The van der Waals surface area contributed by atoms with Crippen LogP contribution in [0.25, 0.3) is 0 Å². The highest BCUT2D eigenvalue weighted by molar-refractivity contribution is 9.09. The van der Waals surface area contributed by atoms with E-state index < -0.39 is 0 Å². The van der Waals surface area contributed by atoms with Crippen LogP contribution in [0.15, 0.2) is 0 Å². The topological polar surface area (TPSA) is 26.3 Å². The molecule has 0 aliphatic carbocycles. The summed E-state index contributed by atoms with van der Waals surface area (Å²) >= 11 is 3.43. The summed E-state index contributed by atoms with van der Waals surface area (Å²) in [6.45, 7) is 4.07. The smallest absolute Gasteiger partial charge is 0.302 e. The molecule has 0 spiro atoms. The molecule has 1 atom stereocenters. The second-order valence-electron chi connectivity index (χ2n) is 2.54. The maximum atomic E-state index is 10.4. The summed E-state index contributed by atoms with van der Waals surface area (Å²) in [6, 6.07) is 0. The minimum absolute atomic E-state index is 0.203. The van der Waals surface area contributed by atoms with Gasteiger partial charge in [-0.05, 0) is 6.42 Å². The van der Waals surface area contributed by atoms with Gasteiger partial charge in [-0.25, -0.2) is 0 Å². The van der Waals surface area contributed by atoms with Crippen molar-refractivity contribution in [1.29, 1.82) is 0 Å². The summed E-state index contributed by atoms with van der Waals surface area (Å²) in [5, 5.41) is 0. The Morgan fingerprint density at radius 1 is 1.64 bits per heavy atom. The number of halogens is 1. The standard InChI is InChI=1S/C8H15BrO2/c1-3-4-5-8(9)6-11-7(2)10/h8H,3-6H2,1-2H3. The SMILES string of the molecule is CCCCC(Br)COC(C)=O. The lowest BCUT2D eigenvalue weighted by Gasteiger charge is -2.07. The first-order valence-corrected chi connectivity index (χ1v) is 4.85. The third kappa shape index (κ3) is 7.85. The summed E-state index contributed by atoms with van der Waals surface area (Å²) in [7, 11) is 0. The van der Waals surface area contributed by atoms with Gasteiger partial charge in [-0.15, -0.1) is 0 Å². The number of esters is 1. The van der Waals surface area contributed by atoms with Gasteiger partial charge in [-0.2, -0.15) is 0 Å². The third-order valence-electron chi connectivity index (χ3n) is 1.34. The predicted molar refractivity (Wildman–Crippen MR) is 48.9 cm³/mol. The second-order valence-corrected chi connectivity index (χ2v) is 3.84. The maximum Gasteiger partial charge on any atom is 0.302 e. The average molecular weight is 223 g/mol. The van der Waals surface area contributed by atoms with E-state index in [1.807, 2.05) is 0 Å². The van der Waals surface area contributed by atoms with Crippen molar-refractivity contribution in [3.05, 3.63) is 0 Å². The van der Waals surface area contributed by atoms with Gasteiger partial charge in [0.2, 0.25) is 0 Å². The van der Waals surface area contributed by atoms with E-state index in [-0.39, 0.29) is 5.97 Å². The molecular formula is C8H15BrO2. The van der Waals surface area contributed by atoms with Crippen LogP contribution in [-0.2, 0) is 9.53 Å². The fourth-order valence-corrected chi connectivity index (χ4v) is 1.17. The Labute approximate surface area is 76.4 Å². The number of rotatable bonds is 5. The number of carbonyl (C=O) groups is 1. The molecular weight excluding hydrogens is 208 g/mol. The quantitative estimate of drug-likeness (QED) is 0.528. The summed E-state index contributed by atoms with van der Waals surface area (Å²) in [6.07, 6.45) is 3.43. The highest BCUT2D eigenvalue weighted by atomic mass is 79.9. The van der Waals surface area contributed by atoms with Crippen LogP contribution in [0.4, 0.5) is 0 Å². The van der Waals surface area contributed by atoms with E-state index in [9.17, 15) is 4.79 Å². The number of ether oxygens (including phenoxy) is 1. The van der Waals surface area contributed by atoms with Crippen molar-refractivity contribution in [3.8, 4) is 0 Å². The van der Waals surface area contributed by atoms with Gasteiger partial charge in [-0.3, -0.25) is 4.79 Å². The minimum atomic E-state index is -0.203. The van der Waals surface area contributed by atoms with Crippen LogP contribution >= 0.6 is 15.9 Å². The van der Waals surface area contributed by atoms with Gasteiger partial charge in [-0.1, -0.05) is 35.7 Å². The van der Waals surface area contributed by atoms with Crippen LogP contribution in [-0.4, -0.2) is 17.4 Å². The van der Waals surface area contributed by atoms with Crippen molar-refractivity contribution in [3.63, 3.8) is 0 Å². The van der Waals surface area contributed by atoms with Gasteiger partial charge < -0.3 is 4.74 Å². The first-order valence-electron chi connectivity index (χ1n) is 3.94. The van der Waals surface area contributed by atoms with E-state index in [0.717, 1.165) is 6.42 Å². The summed E-state index contributed by atoms with van der Waals surface area (Å²) in [5.74, 6) is -0.203. The highest BCUT2D eigenvalue weighted by Gasteiger charge is 2.04. The summed E-state index contributed by atoms with van der Waals surface area (Å²) in [4.78, 5) is 10.7. The van der Waals surface area contributed by atoms with E-state index in [4.69, 9.17) is 4.74 Å². The van der Waals surface area contributed by atoms with Crippen LogP contribution in [0.5, 0.6) is 0 Å². The zero-order valence-corrected chi connectivity index (χ0v) is 8.69. The van der Waals surface area contributed by atoms with Crippen molar-refractivity contribution in [2.75, 3.05) is 6.61 Å². The van der Waals surface area contributed by atoms with Crippen molar-refractivity contribution in [2.45, 2.75) is 37.9 Å². The molecule has 2 nitrogen and oxygen atoms in total. The van der Waals surface area contributed by atoms with Gasteiger partial charge in [0.25, 0.3) is 0 Å². The second kappa shape index (κ2) is 6.65. The van der Waals surface area contributed by atoms with E-state index in [2.05, 4.69) is 22.9 Å². The number of hydrogen-bond donors (Lipinski definition) is 0. The molecule has 0 amide bonds. The molecule has 66 valence electrons. The molecule has 0 aromatic heterocycles. The largest absolute Gasteiger partial charge is 0.465 e. The fourth-order valence-electron chi connectivity index (χ4n) is 0.717. The fraction of sp³-hybridized carbons (Fsp3) is 0.875. The molecule has 0 N–H and O–H groups in total. The molecule has 0 saturated heterocycles. The lowest BCUT2D eigenvalue weighted by atomic mass is 10.2. The van der Waals surface area contributed by atoms with Gasteiger partial charge >= 0.3 is 5.97 Å². The molecule has 0 radical (unpaired) electrons. The molecule has 3 heteroatoms. The van der Waals surface area contributed by atoms with Crippen molar-refractivity contribution < 1.29 is 9.53 Å². The van der Waals surface area contributed by atoms with Gasteiger partial charge in [0, 0.05) is 11.8 Å². The molecule has 0 bridgehead atoms. The Morgan fingerprint density at radius 2 is 2.27 bits per heavy atom. The Morgan fingerprint density at radius 3 is 2.73 bits per heavy atom. The van der Waals surface area contributed by atoms with Crippen molar-refractivity contribution in [1.82, 2.24) is 0 Å². The summed E-state index contributed by atoms with van der Waals surface area (Å²) < 4.78 is 4.81. The number of hydrogen-bond acceptors (Lipinski definition) is 2. The van der Waals surface area contributed by atoms with Gasteiger partial charge in [0.1, 0.15) is 6.61 Å². The average Bonchev–Trinajstić information content (AvgIpc) is 1.97. The Kier molecular flexibility index (Phi) is 6.62. The Balaban J connectivity index is 3.22. The predicted octanol–water partition coefficient (Wildman–Crippen LogP) is 2.50.